The van der Waals surface area contributed by atoms with Crippen molar-refractivity contribution in [3.8, 4) is 0 Å². The molecule has 5 nitrogen and oxygen atoms in total. The second kappa shape index (κ2) is 6.12. The maximum absolute atomic E-state index is 4.29. The van der Waals surface area contributed by atoms with Gasteiger partial charge in [-0.1, -0.05) is 6.92 Å². The van der Waals surface area contributed by atoms with Crippen LogP contribution in [0.4, 0.5) is 0 Å². The van der Waals surface area contributed by atoms with Crippen LogP contribution in [0.1, 0.15) is 32.0 Å². The van der Waals surface area contributed by atoms with Crippen LogP contribution in [0, 0.1) is 0 Å². The smallest absolute Gasteiger partial charge is 0.140 e. The molecule has 1 aliphatic rings. The second-order valence-corrected chi connectivity index (χ2v) is 4.81. The maximum Gasteiger partial charge on any atom is 0.140 e. The molecule has 2 heterocycles. The Morgan fingerprint density at radius 1 is 1.53 bits per heavy atom. The molecule has 5 heteroatoms. The standard InChI is InChI=1S/C12H23N5/c1-3-6-17-12(14-10-15-17)9-13-8-11-5-4-7-16(11)2/h10-11,13H,3-9H2,1-2H3. The van der Waals surface area contributed by atoms with E-state index in [0.29, 0.717) is 6.04 Å². The molecule has 1 aliphatic heterocycles. The molecule has 0 bridgehead atoms. The summed E-state index contributed by atoms with van der Waals surface area (Å²) in [5.74, 6) is 1.05. The Labute approximate surface area is 103 Å². The lowest BCUT2D eigenvalue weighted by Gasteiger charge is -2.19. The first-order chi connectivity index (χ1) is 8.31. The van der Waals surface area contributed by atoms with Gasteiger partial charge in [0.15, 0.2) is 0 Å². The van der Waals surface area contributed by atoms with Gasteiger partial charge in [0.1, 0.15) is 12.2 Å². The summed E-state index contributed by atoms with van der Waals surface area (Å²) in [7, 11) is 2.21. The fourth-order valence-corrected chi connectivity index (χ4v) is 2.41. The SMILES string of the molecule is CCCn1ncnc1CNCC1CCCN1C. The largest absolute Gasteiger partial charge is 0.308 e. The molecule has 1 N–H and O–H groups in total. The van der Waals surface area contributed by atoms with Crippen LogP contribution in [-0.2, 0) is 13.1 Å². The van der Waals surface area contributed by atoms with E-state index in [9.17, 15) is 0 Å². The Kier molecular flexibility index (Phi) is 4.50. The molecule has 0 amide bonds. The number of likely N-dealkylation sites (N-methyl/N-ethyl adjacent to an activating group) is 1. The van der Waals surface area contributed by atoms with Crippen molar-refractivity contribution in [1.82, 2.24) is 25.0 Å². The first-order valence-corrected chi connectivity index (χ1v) is 6.59. The monoisotopic (exact) mass is 237 g/mol. The summed E-state index contributed by atoms with van der Waals surface area (Å²) in [6, 6.07) is 0.692. The fraction of sp³-hybridized carbons (Fsp3) is 0.833. The van der Waals surface area contributed by atoms with Crippen LogP contribution in [0.25, 0.3) is 0 Å². The molecule has 1 atom stereocenters. The Morgan fingerprint density at radius 2 is 2.41 bits per heavy atom. The van der Waals surface area contributed by atoms with Crippen molar-refractivity contribution in [3.05, 3.63) is 12.2 Å². The molecule has 1 fully saturated rings. The molecule has 1 aromatic rings. The minimum Gasteiger partial charge on any atom is -0.308 e. The summed E-state index contributed by atoms with van der Waals surface area (Å²) < 4.78 is 1.99. The van der Waals surface area contributed by atoms with E-state index in [1.807, 2.05) is 4.68 Å². The van der Waals surface area contributed by atoms with Crippen LogP contribution in [0.2, 0.25) is 0 Å². The number of nitrogens with one attached hydrogen (secondary N) is 1. The Morgan fingerprint density at radius 3 is 3.12 bits per heavy atom. The highest BCUT2D eigenvalue weighted by Gasteiger charge is 2.20. The van der Waals surface area contributed by atoms with E-state index in [1.54, 1.807) is 6.33 Å². The molecule has 2 rings (SSSR count). The Balaban J connectivity index is 1.75. The van der Waals surface area contributed by atoms with Gasteiger partial charge in [0, 0.05) is 19.1 Å². The number of likely N-dealkylation sites (tertiary alicyclic amines) is 1. The van der Waals surface area contributed by atoms with Gasteiger partial charge in [0.2, 0.25) is 0 Å². The van der Waals surface area contributed by atoms with Gasteiger partial charge < -0.3 is 10.2 Å². The number of aromatic nitrogens is 3. The van der Waals surface area contributed by atoms with E-state index in [-0.39, 0.29) is 0 Å². The van der Waals surface area contributed by atoms with Crippen molar-refractivity contribution in [2.24, 2.45) is 0 Å². The molecule has 0 aromatic carbocycles. The van der Waals surface area contributed by atoms with Gasteiger partial charge in [0.05, 0.1) is 6.54 Å². The first-order valence-electron chi connectivity index (χ1n) is 6.59. The Bertz CT molecular complexity index is 335. The predicted molar refractivity (Wildman–Crippen MR) is 67.7 cm³/mol. The average molecular weight is 237 g/mol. The predicted octanol–water partition coefficient (Wildman–Crippen LogP) is 0.872. The van der Waals surface area contributed by atoms with Crippen molar-refractivity contribution < 1.29 is 0 Å². The third kappa shape index (κ3) is 3.26. The van der Waals surface area contributed by atoms with Gasteiger partial charge >= 0.3 is 0 Å². The van der Waals surface area contributed by atoms with Gasteiger partial charge in [-0.2, -0.15) is 5.10 Å². The molecule has 0 aliphatic carbocycles. The topological polar surface area (TPSA) is 46.0 Å². The molecule has 0 saturated carbocycles. The fourth-order valence-electron chi connectivity index (χ4n) is 2.41. The number of nitrogens with zero attached hydrogens (tertiary/aromatic N) is 4. The van der Waals surface area contributed by atoms with Crippen molar-refractivity contribution in [3.63, 3.8) is 0 Å². The third-order valence-electron chi connectivity index (χ3n) is 3.47. The van der Waals surface area contributed by atoms with Crippen LogP contribution >= 0.6 is 0 Å². The van der Waals surface area contributed by atoms with Crippen LogP contribution < -0.4 is 5.32 Å². The third-order valence-corrected chi connectivity index (χ3v) is 3.47. The van der Waals surface area contributed by atoms with Crippen LogP contribution in [-0.4, -0.2) is 45.8 Å². The minimum atomic E-state index is 0.692. The molecule has 17 heavy (non-hydrogen) atoms. The van der Waals surface area contributed by atoms with Crippen molar-refractivity contribution >= 4 is 0 Å². The van der Waals surface area contributed by atoms with Crippen molar-refractivity contribution in [2.75, 3.05) is 20.1 Å². The molecular formula is C12H23N5. The lowest BCUT2D eigenvalue weighted by molar-refractivity contribution is 0.299. The number of hydrogen-bond acceptors (Lipinski definition) is 4. The average Bonchev–Trinajstić information content (AvgIpc) is 2.90. The lowest BCUT2D eigenvalue weighted by atomic mass is 10.2. The van der Waals surface area contributed by atoms with E-state index in [2.05, 4.69) is 34.3 Å². The molecular weight excluding hydrogens is 214 g/mol. The molecule has 96 valence electrons. The molecule has 1 unspecified atom stereocenters. The summed E-state index contributed by atoms with van der Waals surface area (Å²) >= 11 is 0. The highest BCUT2D eigenvalue weighted by Crippen LogP contribution is 2.13. The molecule has 0 radical (unpaired) electrons. The Hall–Kier alpha value is -0.940. The maximum atomic E-state index is 4.29. The lowest BCUT2D eigenvalue weighted by Crippen LogP contribution is -2.35. The quantitative estimate of drug-likeness (QED) is 0.797. The highest BCUT2D eigenvalue weighted by atomic mass is 15.3. The number of rotatable bonds is 6. The van der Waals surface area contributed by atoms with Crippen molar-refractivity contribution in [2.45, 2.75) is 45.3 Å². The summed E-state index contributed by atoms with van der Waals surface area (Å²) in [5.41, 5.74) is 0. The summed E-state index contributed by atoms with van der Waals surface area (Å²) in [6.07, 6.45) is 5.39. The van der Waals surface area contributed by atoms with E-state index in [0.717, 1.165) is 31.9 Å². The van der Waals surface area contributed by atoms with Gasteiger partial charge in [-0.3, -0.25) is 0 Å². The van der Waals surface area contributed by atoms with Gasteiger partial charge in [-0.25, -0.2) is 9.67 Å². The van der Waals surface area contributed by atoms with Gasteiger partial charge in [0.25, 0.3) is 0 Å². The van der Waals surface area contributed by atoms with E-state index in [4.69, 9.17) is 0 Å². The van der Waals surface area contributed by atoms with Crippen LogP contribution in [0.15, 0.2) is 6.33 Å². The molecule has 1 saturated heterocycles. The second-order valence-electron chi connectivity index (χ2n) is 4.81. The summed E-state index contributed by atoms with van der Waals surface area (Å²) in [5, 5.41) is 7.72. The van der Waals surface area contributed by atoms with Gasteiger partial charge in [-0.15, -0.1) is 0 Å². The zero-order valence-electron chi connectivity index (χ0n) is 10.9. The zero-order chi connectivity index (χ0) is 12.1. The zero-order valence-corrected chi connectivity index (χ0v) is 10.9. The molecule has 1 aromatic heterocycles. The minimum absolute atomic E-state index is 0.692. The van der Waals surface area contributed by atoms with Crippen LogP contribution in [0.3, 0.4) is 0 Å². The first kappa shape index (κ1) is 12.5. The van der Waals surface area contributed by atoms with Crippen molar-refractivity contribution in [1.29, 1.82) is 0 Å². The normalized spacial score (nSPS) is 21.2. The number of aryl methyl sites for hydroxylation is 1. The van der Waals surface area contributed by atoms with Crippen LogP contribution in [0.5, 0.6) is 0 Å². The highest BCUT2D eigenvalue weighted by molar-refractivity contribution is 4.85. The van der Waals surface area contributed by atoms with E-state index in [1.165, 1.54) is 19.4 Å². The molecule has 0 spiro atoms. The van der Waals surface area contributed by atoms with Gasteiger partial charge in [-0.05, 0) is 32.9 Å². The van der Waals surface area contributed by atoms with E-state index >= 15 is 0 Å². The summed E-state index contributed by atoms with van der Waals surface area (Å²) in [4.78, 5) is 6.73. The van der Waals surface area contributed by atoms with E-state index < -0.39 is 0 Å². The summed E-state index contributed by atoms with van der Waals surface area (Å²) in [6.45, 7) is 6.23. The number of hydrogen-bond donors (Lipinski definition) is 1.